The molecule has 7 heteroatoms. The first-order chi connectivity index (χ1) is 8.02. The van der Waals surface area contributed by atoms with Crippen LogP contribution in [0, 0.1) is 5.82 Å². The lowest BCUT2D eigenvalue weighted by atomic mass is 10.3. The fourth-order valence-corrected chi connectivity index (χ4v) is 1.12. The molecule has 0 radical (unpaired) electrons. The number of carbonyl (C=O) groups is 2. The SMILES string of the molecule is CNC(=O)CNC(=O)Nc1ccc(Cl)c(F)c1. The number of anilines is 1. The summed E-state index contributed by atoms with van der Waals surface area (Å²) in [7, 11) is 1.45. The molecule has 0 atom stereocenters. The molecule has 3 N–H and O–H groups in total. The van der Waals surface area contributed by atoms with Gasteiger partial charge in [-0.15, -0.1) is 0 Å². The van der Waals surface area contributed by atoms with E-state index >= 15 is 0 Å². The molecule has 1 aromatic carbocycles. The first kappa shape index (κ1) is 13.2. The zero-order chi connectivity index (χ0) is 12.8. The van der Waals surface area contributed by atoms with Crippen LogP contribution < -0.4 is 16.0 Å². The molecule has 0 aliphatic rings. The van der Waals surface area contributed by atoms with E-state index in [-0.39, 0.29) is 23.2 Å². The minimum Gasteiger partial charge on any atom is -0.358 e. The van der Waals surface area contributed by atoms with Crippen LogP contribution in [0.2, 0.25) is 5.02 Å². The van der Waals surface area contributed by atoms with E-state index in [9.17, 15) is 14.0 Å². The largest absolute Gasteiger partial charge is 0.358 e. The van der Waals surface area contributed by atoms with Gasteiger partial charge < -0.3 is 16.0 Å². The Bertz CT molecular complexity index is 440. The molecule has 0 aliphatic heterocycles. The molecular formula is C10H11ClFN3O2. The van der Waals surface area contributed by atoms with Crippen LogP contribution in [0.4, 0.5) is 14.9 Å². The summed E-state index contributed by atoms with van der Waals surface area (Å²) in [4.78, 5) is 22.1. The Labute approximate surface area is 102 Å². The molecule has 0 saturated heterocycles. The summed E-state index contributed by atoms with van der Waals surface area (Å²) in [6, 6.07) is 3.26. The highest BCUT2D eigenvalue weighted by molar-refractivity contribution is 6.30. The Kier molecular flexibility index (Phi) is 4.71. The van der Waals surface area contributed by atoms with E-state index in [1.54, 1.807) is 0 Å². The highest BCUT2D eigenvalue weighted by Crippen LogP contribution is 2.18. The first-order valence-electron chi connectivity index (χ1n) is 4.73. The number of carbonyl (C=O) groups excluding carboxylic acids is 2. The smallest absolute Gasteiger partial charge is 0.319 e. The van der Waals surface area contributed by atoms with Gasteiger partial charge in [-0.1, -0.05) is 11.6 Å². The summed E-state index contributed by atoms with van der Waals surface area (Å²) in [5.41, 5.74) is 0.251. The van der Waals surface area contributed by atoms with Crippen molar-refractivity contribution in [3.8, 4) is 0 Å². The van der Waals surface area contributed by atoms with Crippen molar-refractivity contribution in [2.75, 3.05) is 18.9 Å². The van der Waals surface area contributed by atoms with Gasteiger partial charge in [0.05, 0.1) is 11.6 Å². The van der Waals surface area contributed by atoms with Crippen molar-refractivity contribution >= 4 is 29.2 Å². The summed E-state index contributed by atoms with van der Waals surface area (Å²) >= 11 is 5.48. The van der Waals surface area contributed by atoms with Gasteiger partial charge in [0.1, 0.15) is 5.82 Å². The van der Waals surface area contributed by atoms with Crippen molar-refractivity contribution in [1.29, 1.82) is 0 Å². The van der Waals surface area contributed by atoms with Crippen LogP contribution >= 0.6 is 11.6 Å². The van der Waals surface area contributed by atoms with Crippen LogP contribution in [0.25, 0.3) is 0 Å². The monoisotopic (exact) mass is 259 g/mol. The highest BCUT2D eigenvalue weighted by atomic mass is 35.5. The minimum absolute atomic E-state index is 0.0266. The average Bonchev–Trinajstić information content (AvgIpc) is 2.31. The maximum Gasteiger partial charge on any atom is 0.319 e. The van der Waals surface area contributed by atoms with E-state index in [1.807, 2.05) is 0 Å². The zero-order valence-electron chi connectivity index (χ0n) is 9.01. The molecule has 0 bridgehead atoms. The van der Waals surface area contributed by atoms with Crippen molar-refractivity contribution in [3.63, 3.8) is 0 Å². The number of amides is 3. The first-order valence-corrected chi connectivity index (χ1v) is 5.11. The lowest BCUT2D eigenvalue weighted by Gasteiger charge is -2.07. The summed E-state index contributed by atoms with van der Waals surface area (Å²) in [6.07, 6.45) is 0. The van der Waals surface area contributed by atoms with Crippen LogP contribution in [0.1, 0.15) is 0 Å². The molecule has 0 spiro atoms. The van der Waals surface area contributed by atoms with Crippen LogP contribution in [-0.2, 0) is 4.79 Å². The number of rotatable bonds is 3. The summed E-state index contributed by atoms with van der Waals surface area (Å²) in [5.74, 6) is -0.960. The molecule has 0 fully saturated rings. The van der Waals surface area contributed by atoms with E-state index in [0.717, 1.165) is 6.07 Å². The topological polar surface area (TPSA) is 70.2 Å². The predicted molar refractivity (Wildman–Crippen MR) is 62.5 cm³/mol. The van der Waals surface area contributed by atoms with Crippen molar-refractivity contribution in [3.05, 3.63) is 29.0 Å². The second-order valence-corrected chi connectivity index (χ2v) is 3.52. The summed E-state index contributed by atoms with van der Waals surface area (Å²) in [6.45, 7) is -0.154. The van der Waals surface area contributed by atoms with Crippen LogP contribution in [0.15, 0.2) is 18.2 Å². The number of hydrogen-bond acceptors (Lipinski definition) is 2. The van der Waals surface area contributed by atoms with Crippen LogP contribution in [0.3, 0.4) is 0 Å². The Morgan fingerprint density at radius 1 is 1.41 bits per heavy atom. The third-order valence-corrected chi connectivity index (χ3v) is 2.17. The molecule has 0 heterocycles. The molecule has 5 nitrogen and oxygen atoms in total. The van der Waals surface area contributed by atoms with Gasteiger partial charge in [0.2, 0.25) is 5.91 Å². The van der Waals surface area contributed by atoms with Gasteiger partial charge in [-0.3, -0.25) is 4.79 Å². The molecule has 0 aliphatic carbocycles. The summed E-state index contributed by atoms with van der Waals surface area (Å²) in [5, 5.41) is 6.97. The number of hydrogen-bond donors (Lipinski definition) is 3. The lowest BCUT2D eigenvalue weighted by molar-refractivity contribution is -0.119. The van der Waals surface area contributed by atoms with Crippen molar-refractivity contribution in [2.24, 2.45) is 0 Å². The normalized spacial score (nSPS) is 9.59. The Morgan fingerprint density at radius 3 is 2.71 bits per heavy atom. The molecule has 92 valence electrons. The van der Waals surface area contributed by atoms with Gasteiger partial charge in [0, 0.05) is 12.7 Å². The molecule has 0 saturated carbocycles. The Balaban J connectivity index is 2.50. The van der Waals surface area contributed by atoms with Gasteiger partial charge in [0.25, 0.3) is 0 Å². The number of halogens is 2. The van der Waals surface area contributed by atoms with Gasteiger partial charge in [-0.25, -0.2) is 9.18 Å². The third kappa shape index (κ3) is 4.28. The maximum absolute atomic E-state index is 13.0. The van der Waals surface area contributed by atoms with Crippen molar-refractivity contribution < 1.29 is 14.0 Å². The van der Waals surface area contributed by atoms with E-state index in [0.29, 0.717) is 0 Å². The van der Waals surface area contributed by atoms with Crippen molar-refractivity contribution in [1.82, 2.24) is 10.6 Å². The van der Waals surface area contributed by atoms with E-state index in [1.165, 1.54) is 19.2 Å². The van der Waals surface area contributed by atoms with Gasteiger partial charge in [-0.2, -0.15) is 0 Å². The van der Waals surface area contributed by atoms with Gasteiger partial charge in [-0.05, 0) is 18.2 Å². The predicted octanol–water partition coefficient (Wildman–Crippen LogP) is 1.35. The van der Waals surface area contributed by atoms with Crippen LogP contribution in [-0.4, -0.2) is 25.5 Å². The number of nitrogens with one attached hydrogen (secondary N) is 3. The van der Waals surface area contributed by atoms with E-state index in [2.05, 4.69) is 16.0 Å². The Hall–Kier alpha value is -1.82. The van der Waals surface area contributed by atoms with Gasteiger partial charge in [0.15, 0.2) is 0 Å². The van der Waals surface area contributed by atoms with Crippen molar-refractivity contribution in [2.45, 2.75) is 0 Å². The van der Waals surface area contributed by atoms with E-state index in [4.69, 9.17) is 11.6 Å². The zero-order valence-corrected chi connectivity index (χ0v) is 9.77. The number of benzene rings is 1. The molecule has 17 heavy (non-hydrogen) atoms. The highest BCUT2D eigenvalue weighted by Gasteiger charge is 2.06. The number of likely N-dealkylation sites (N-methyl/N-ethyl adjacent to an activating group) is 1. The third-order valence-electron chi connectivity index (χ3n) is 1.87. The fourth-order valence-electron chi connectivity index (χ4n) is 0.998. The van der Waals surface area contributed by atoms with E-state index < -0.39 is 11.8 Å². The Morgan fingerprint density at radius 2 is 2.12 bits per heavy atom. The second kappa shape index (κ2) is 6.05. The molecule has 1 rings (SSSR count). The van der Waals surface area contributed by atoms with Gasteiger partial charge >= 0.3 is 6.03 Å². The molecule has 1 aromatic rings. The lowest BCUT2D eigenvalue weighted by Crippen LogP contribution is -2.37. The minimum atomic E-state index is -0.629. The fraction of sp³-hybridized carbons (Fsp3) is 0.200. The molecular weight excluding hydrogens is 249 g/mol. The average molecular weight is 260 g/mol. The molecule has 3 amide bonds. The standard InChI is InChI=1S/C10H11ClFN3O2/c1-13-9(16)5-14-10(17)15-6-2-3-7(11)8(12)4-6/h2-4H,5H2,1H3,(H,13,16)(H2,14,15,17). The molecule has 0 unspecified atom stereocenters. The second-order valence-electron chi connectivity index (χ2n) is 3.11. The van der Waals surface area contributed by atoms with Crippen LogP contribution in [0.5, 0.6) is 0 Å². The molecule has 0 aromatic heterocycles. The summed E-state index contributed by atoms with van der Waals surface area (Å²) < 4.78 is 13.0. The quantitative estimate of drug-likeness (QED) is 0.767. The maximum atomic E-state index is 13.0. The number of urea groups is 1.